The number of nitrogens with one attached hydrogen (secondary N) is 1. The monoisotopic (exact) mass is 371 g/mol. The van der Waals surface area contributed by atoms with Crippen molar-refractivity contribution >= 4 is 32.8 Å². The Balaban J connectivity index is 1.61. The minimum Gasteiger partial charge on any atom is -0.492 e. The van der Waals surface area contributed by atoms with Crippen LogP contribution in [0, 0.1) is 11.6 Å². The van der Waals surface area contributed by atoms with E-state index in [4.69, 9.17) is 4.74 Å². The van der Waals surface area contributed by atoms with E-state index in [1.165, 1.54) is 12.1 Å². The SMILES string of the molecule is O=S(=O)(NCCOc1ccc(F)c(F)c1)c1cccc2c1N=S=N2. The van der Waals surface area contributed by atoms with Gasteiger partial charge >= 0.3 is 0 Å². The number of hydrogen-bond donors (Lipinski definition) is 1. The molecule has 1 N–H and O–H groups in total. The second-order valence-electron chi connectivity index (χ2n) is 4.71. The van der Waals surface area contributed by atoms with Gasteiger partial charge < -0.3 is 4.74 Å². The molecule has 1 aliphatic heterocycles. The molecule has 0 fully saturated rings. The number of benzene rings is 2. The van der Waals surface area contributed by atoms with Crippen LogP contribution in [-0.2, 0) is 21.4 Å². The van der Waals surface area contributed by atoms with Gasteiger partial charge in [0.15, 0.2) is 11.6 Å². The third-order valence-electron chi connectivity index (χ3n) is 3.09. The van der Waals surface area contributed by atoms with E-state index < -0.39 is 21.7 Å². The first-order valence-electron chi connectivity index (χ1n) is 6.76. The minimum absolute atomic E-state index is 0.0292. The summed E-state index contributed by atoms with van der Waals surface area (Å²) in [5, 5.41) is 0. The van der Waals surface area contributed by atoms with Crippen molar-refractivity contribution in [1.29, 1.82) is 0 Å². The molecule has 1 heterocycles. The van der Waals surface area contributed by atoms with Gasteiger partial charge in [0.1, 0.15) is 28.6 Å². The standard InChI is InChI=1S/C14H11F2N3O3S2/c15-10-5-4-9(8-11(10)16)22-7-6-17-24(20,21)13-3-1-2-12-14(13)19-23-18-12/h1-5,8,17H,6-7H2. The lowest BCUT2D eigenvalue weighted by Crippen LogP contribution is -2.28. The van der Waals surface area contributed by atoms with E-state index in [1.54, 1.807) is 12.1 Å². The third kappa shape index (κ3) is 3.50. The summed E-state index contributed by atoms with van der Waals surface area (Å²) in [5.41, 5.74) is 0.803. The Labute approximate surface area is 140 Å². The van der Waals surface area contributed by atoms with Crippen LogP contribution in [0.15, 0.2) is 50.0 Å². The number of fused-ring (bicyclic) bond motifs is 1. The van der Waals surface area contributed by atoms with Crippen molar-refractivity contribution in [2.45, 2.75) is 4.90 Å². The van der Waals surface area contributed by atoms with Gasteiger partial charge in [-0.2, -0.15) is 8.73 Å². The largest absolute Gasteiger partial charge is 0.492 e. The van der Waals surface area contributed by atoms with E-state index in [0.717, 1.165) is 23.5 Å². The van der Waals surface area contributed by atoms with Gasteiger partial charge in [0.05, 0.1) is 11.4 Å². The maximum atomic E-state index is 13.0. The van der Waals surface area contributed by atoms with Crippen molar-refractivity contribution in [3.05, 3.63) is 48.0 Å². The third-order valence-corrected chi connectivity index (χ3v) is 5.13. The first kappa shape index (κ1) is 16.7. The number of nitrogens with zero attached hydrogens (tertiary/aromatic N) is 2. The molecule has 0 saturated carbocycles. The van der Waals surface area contributed by atoms with E-state index >= 15 is 0 Å². The molecule has 24 heavy (non-hydrogen) atoms. The molecule has 126 valence electrons. The van der Waals surface area contributed by atoms with Gasteiger partial charge in [0.25, 0.3) is 0 Å². The molecule has 0 atom stereocenters. The molecular weight excluding hydrogens is 360 g/mol. The molecule has 0 aliphatic carbocycles. The van der Waals surface area contributed by atoms with Crippen LogP contribution in [0.4, 0.5) is 20.2 Å². The highest BCUT2D eigenvalue weighted by atomic mass is 32.2. The average Bonchev–Trinajstić information content (AvgIpc) is 3.03. The lowest BCUT2D eigenvalue weighted by Gasteiger charge is -2.10. The summed E-state index contributed by atoms with van der Waals surface area (Å²) in [7, 11) is -3.79. The number of hydrogen-bond acceptors (Lipinski definition) is 5. The van der Waals surface area contributed by atoms with E-state index in [2.05, 4.69) is 13.4 Å². The smallest absolute Gasteiger partial charge is 0.242 e. The Kier molecular flexibility index (Phi) is 4.69. The summed E-state index contributed by atoms with van der Waals surface area (Å²) in [5.74, 6) is -1.90. The molecule has 0 saturated heterocycles. The maximum absolute atomic E-state index is 13.0. The van der Waals surface area contributed by atoms with E-state index in [-0.39, 0.29) is 23.8 Å². The Morgan fingerprint density at radius 1 is 1.12 bits per heavy atom. The fourth-order valence-corrected chi connectivity index (χ4v) is 3.77. The van der Waals surface area contributed by atoms with Crippen molar-refractivity contribution in [3.63, 3.8) is 0 Å². The summed E-state index contributed by atoms with van der Waals surface area (Å²) in [4.78, 5) is 0.0292. The quantitative estimate of drug-likeness (QED) is 0.676. The second-order valence-corrected chi connectivity index (χ2v) is 6.97. The molecule has 2 aromatic rings. The zero-order valence-corrected chi connectivity index (χ0v) is 13.7. The highest BCUT2D eigenvalue weighted by molar-refractivity contribution is 7.89. The van der Waals surface area contributed by atoms with Gasteiger partial charge in [-0.15, -0.1) is 0 Å². The Morgan fingerprint density at radius 3 is 2.75 bits per heavy atom. The lowest BCUT2D eigenvalue weighted by atomic mass is 10.3. The zero-order valence-electron chi connectivity index (χ0n) is 12.1. The van der Waals surface area contributed by atoms with Crippen molar-refractivity contribution in [1.82, 2.24) is 4.72 Å². The van der Waals surface area contributed by atoms with Crippen LogP contribution in [0.1, 0.15) is 0 Å². The fourth-order valence-electron chi connectivity index (χ4n) is 1.99. The summed E-state index contributed by atoms with van der Waals surface area (Å²) in [6, 6.07) is 7.77. The van der Waals surface area contributed by atoms with Crippen molar-refractivity contribution < 1.29 is 21.9 Å². The molecule has 3 rings (SSSR count). The molecule has 0 unspecified atom stereocenters. The second kappa shape index (κ2) is 6.75. The zero-order chi connectivity index (χ0) is 17.2. The van der Waals surface area contributed by atoms with Gasteiger partial charge in [0, 0.05) is 12.6 Å². The summed E-state index contributed by atoms with van der Waals surface area (Å²) >= 11 is 0.928. The van der Waals surface area contributed by atoms with Crippen LogP contribution in [-0.4, -0.2) is 21.6 Å². The van der Waals surface area contributed by atoms with Gasteiger partial charge in [0.2, 0.25) is 10.0 Å². The normalized spacial score (nSPS) is 12.8. The molecule has 0 radical (unpaired) electrons. The number of sulfonamides is 1. The lowest BCUT2D eigenvalue weighted by molar-refractivity contribution is 0.319. The molecule has 0 spiro atoms. The van der Waals surface area contributed by atoms with Gasteiger partial charge in [-0.05, 0) is 24.3 Å². The molecule has 0 bridgehead atoms. The van der Waals surface area contributed by atoms with Crippen molar-refractivity contribution in [2.75, 3.05) is 13.2 Å². The van der Waals surface area contributed by atoms with Crippen LogP contribution in [0.2, 0.25) is 0 Å². The van der Waals surface area contributed by atoms with Crippen molar-refractivity contribution in [2.24, 2.45) is 8.73 Å². The van der Waals surface area contributed by atoms with Gasteiger partial charge in [-0.3, -0.25) is 0 Å². The molecule has 0 aromatic heterocycles. The van der Waals surface area contributed by atoms with Crippen molar-refractivity contribution in [3.8, 4) is 5.75 Å². The molecule has 6 nitrogen and oxygen atoms in total. The highest BCUT2D eigenvalue weighted by Gasteiger charge is 2.21. The number of halogens is 2. The first-order chi connectivity index (χ1) is 11.5. The first-order valence-corrected chi connectivity index (χ1v) is 8.97. The van der Waals surface area contributed by atoms with Crippen LogP contribution in [0.3, 0.4) is 0 Å². The summed E-state index contributed by atoms with van der Waals surface area (Å²) in [6.07, 6.45) is 0. The van der Waals surface area contributed by atoms with Crippen LogP contribution in [0.25, 0.3) is 0 Å². The van der Waals surface area contributed by atoms with Crippen LogP contribution >= 0.6 is 0 Å². The molecule has 0 amide bonds. The Hall–Kier alpha value is -2.17. The van der Waals surface area contributed by atoms with E-state index in [1.807, 2.05) is 0 Å². The average molecular weight is 371 g/mol. The Bertz CT molecular complexity index is 958. The van der Waals surface area contributed by atoms with E-state index in [0.29, 0.717) is 11.4 Å². The predicted octanol–water partition coefficient (Wildman–Crippen LogP) is 3.05. The highest BCUT2D eigenvalue weighted by Crippen LogP contribution is 2.37. The van der Waals surface area contributed by atoms with Crippen LogP contribution < -0.4 is 9.46 Å². The molecule has 1 aliphatic rings. The summed E-state index contributed by atoms with van der Waals surface area (Å²) < 4.78 is 66.0. The summed E-state index contributed by atoms with van der Waals surface area (Å²) in [6.45, 7) is -0.0924. The molecular formula is C14H11F2N3O3S2. The maximum Gasteiger partial charge on any atom is 0.242 e. The van der Waals surface area contributed by atoms with Crippen LogP contribution in [0.5, 0.6) is 5.75 Å². The topological polar surface area (TPSA) is 80.1 Å². The minimum atomic E-state index is -3.79. The van der Waals surface area contributed by atoms with E-state index in [9.17, 15) is 17.2 Å². The van der Waals surface area contributed by atoms with Gasteiger partial charge in [-0.25, -0.2) is 21.9 Å². The number of ether oxygens (including phenoxy) is 1. The number of rotatable bonds is 6. The molecule has 2 aromatic carbocycles. The predicted molar refractivity (Wildman–Crippen MR) is 85.0 cm³/mol. The fraction of sp³-hybridized carbons (Fsp3) is 0.143. The Morgan fingerprint density at radius 2 is 1.96 bits per heavy atom. The van der Waals surface area contributed by atoms with Gasteiger partial charge in [-0.1, -0.05) is 6.07 Å². The molecule has 10 heteroatoms.